The first-order valence-corrected chi connectivity index (χ1v) is 8.83. The predicted octanol–water partition coefficient (Wildman–Crippen LogP) is 3.15. The molecule has 2 heterocycles. The number of benzene rings is 1. The van der Waals surface area contributed by atoms with Crippen molar-refractivity contribution in [2.75, 3.05) is 6.54 Å². The lowest BCUT2D eigenvalue weighted by molar-refractivity contribution is 0.505. The van der Waals surface area contributed by atoms with E-state index in [4.69, 9.17) is 0 Å². The second-order valence-corrected chi connectivity index (χ2v) is 8.46. The Bertz CT molecular complexity index is 766. The predicted molar refractivity (Wildman–Crippen MR) is 89.2 cm³/mol. The van der Waals surface area contributed by atoms with E-state index in [0.717, 1.165) is 5.56 Å². The van der Waals surface area contributed by atoms with E-state index < -0.39 is 15.3 Å². The second kappa shape index (κ2) is 5.09. The van der Waals surface area contributed by atoms with E-state index in [-0.39, 0.29) is 5.41 Å². The van der Waals surface area contributed by atoms with Gasteiger partial charge in [-0.05, 0) is 28.7 Å². The van der Waals surface area contributed by atoms with E-state index in [2.05, 4.69) is 25.2 Å². The first-order valence-electron chi connectivity index (χ1n) is 7.33. The number of fused-ring (bicyclic) bond motifs is 1. The van der Waals surface area contributed by atoms with E-state index in [1.165, 1.54) is 5.56 Å². The van der Waals surface area contributed by atoms with Gasteiger partial charge >= 0.3 is 0 Å². The second-order valence-electron chi connectivity index (χ2n) is 6.68. The van der Waals surface area contributed by atoms with Crippen LogP contribution in [0.3, 0.4) is 0 Å². The first kappa shape index (κ1) is 15.0. The van der Waals surface area contributed by atoms with Gasteiger partial charge in [0.05, 0.1) is 0 Å². The number of allylic oxidation sites excluding steroid dienone is 2. The average molecular weight is 316 g/mol. The van der Waals surface area contributed by atoms with E-state index >= 15 is 0 Å². The monoisotopic (exact) mass is 316 g/mol. The van der Waals surface area contributed by atoms with Crippen LogP contribution in [0, 0.1) is 0 Å². The Kier molecular flexibility index (Phi) is 3.48. The molecule has 0 fully saturated rings. The molecule has 5 heteroatoms. The molecule has 0 saturated carbocycles. The van der Waals surface area contributed by atoms with Gasteiger partial charge in [0.1, 0.15) is 11.1 Å². The summed E-state index contributed by atoms with van der Waals surface area (Å²) in [5.41, 5.74) is 2.03. The van der Waals surface area contributed by atoms with Gasteiger partial charge in [-0.1, -0.05) is 51.1 Å². The zero-order chi connectivity index (χ0) is 16.0. The van der Waals surface area contributed by atoms with Crippen molar-refractivity contribution < 1.29 is 8.42 Å². The summed E-state index contributed by atoms with van der Waals surface area (Å²) in [7, 11) is -3.53. The minimum Gasteiger partial charge on any atom is -0.331 e. The SMILES string of the molecule is CC(C)(C)c1ccc(C2CN3C=CC=CC3=NS2(=O)=O)cc1. The van der Waals surface area contributed by atoms with Gasteiger partial charge in [0, 0.05) is 12.7 Å². The minimum absolute atomic E-state index is 0.0513. The van der Waals surface area contributed by atoms with Crippen molar-refractivity contribution in [1.29, 1.82) is 0 Å². The molecule has 1 unspecified atom stereocenters. The Morgan fingerprint density at radius 1 is 1.14 bits per heavy atom. The number of hydrogen-bond donors (Lipinski definition) is 0. The van der Waals surface area contributed by atoms with Crippen molar-refractivity contribution in [3.05, 3.63) is 59.8 Å². The molecule has 0 aromatic heterocycles. The largest absolute Gasteiger partial charge is 0.331 e. The molecule has 1 aromatic carbocycles. The molecule has 2 aliphatic rings. The van der Waals surface area contributed by atoms with Gasteiger partial charge in [-0.3, -0.25) is 0 Å². The number of rotatable bonds is 1. The molecule has 1 aromatic rings. The van der Waals surface area contributed by atoms with Gasteiger partial charge in [0.2, 0.25) is 0 Å². The highest BCUT2D eigenvalue weighted by Gasteiger charge is 2.34. The van der Waals surface area contributed by atoms with Crippen LogP contribution in [-0.4, -0.2) is 25.7 Å². The number of sulfonamides is 1. The van der Waals surface area contributed by atoms with E-state index in [9.17, 15) is 8.42 Å². The minimum atomic E-state index is -3.53. The highest BCUT2D eigenvalue weighted by Crippen LogP contribution is 2.32. The Labute approximate surface area is 131 Å². The molecule has 22 heavy (non-hydrogen) atoms. The summed E-state index contributed by atoms with van der Waals surface area (Å²) in [5.74, 6) is 0.491. The average Bonchev–Trinajstić information content (AvgIpc) is 2.45. The van der Waals surface area contributed by atoms with Crippen LogP contribution >= 0.6 is 0 Å². The summed E-state index contributed by atoms with van der Waals surface area (Å²) < 4.78 is 28.8. The third-order valence-electron chi connectivity index (χ3n) is 4.01. The van der Waals surface area contributed by atoms with Crippen LogP contribution in [0.15, 0.2) is 53.1 Å². The van der Waals surface area contributed by atoms with Crippen LogP contribution in [0.1, 0.15) is 37.1 Å². The molecular weight excluding hydrogens is 296 g/mol. The zero-order valence-electron chi connectivity index (χ0n) is 13.0. The van der Waals surface area contributed by atoms with Crippen LogP contribution in [0.5, 0.6) is 0 Å². The van der Waals surface area contributed by atoms with Crippen LogP contribution in [0.2, 0.25) is 0 Å². The lowest BCUT2D eigenvalue weighted by Crippen LogP contribution is -2.38. The molecule has 0 spiro atoms. The van der Waals surface area contributed by atoms with Gasteiger partial charge in [-0.2, -0.15) is 0 Å². The quantitative estimate of drug-likeness (QED) is 0.799. The fraction of sp³-hybridized carbons (Fsp3) is 0.353. The van der Waals surface area contributed by atoms with Crippen molar-refractivity contribution in [3.8, 4) is 0 Å². The Morgan fingerprint density at radius 3 is 2.45 bits per heavy atom. The summed E-state index contributed by atoms with van der Waals surface area (Å²) in [6, 6.07) is 7.84. The summed E-state index contributed by atoms with van der Waals surface area (Å²) >= 11 is 0. The Morgan fingerprint density at radius 2 is 1.82 bits per heavy atom. The van der Waals surface area contributed by atoms with Crippen molar-refractivity contribution in [1.82, 2.24) is 4.90 Å². The molecule has 3 rings (SSSR count). The van der Waals surface area contributed by atoms with Crippen LogP contribution in [0.25, 0.3) is 0 Å². The van der Waals surface area contributed by atoms with E-state index in [0.29, 0.717) is 12.4 Å². The number of nitrogens with zero attached hydrogens (tertiary/aromatic N) is 2. The molecule has 0 N–H and O–H groups in total. The maximum atomic E-state index is 12.4. The molecule has 0 radical (unpaired) electrons. The van der Waals surface area contributed by atoms with Crippen molar-refractivity contribution >= 4 is 15.9 Å². The molecular formula is C17H20N2O2S. The molecule has 116 valence electrons. The molecule has 0 bridgehead atoms. The number of amidine groups is 1. The van der Waals surface area contributed by atoms with E-state index in [1.807, 2.05) is 41.4 Å². The normalized spacial score (nSPS) is 23.1. The van der Waals surface area contributed by atoms with Gasteiger partial charge in [0.25, 0.3) is 10.0 Å². The lowest BCUT2D eigenvalue weighted by atomic mass is 9.86. The van der Waals surface area contributed by atoms with Gasteiger partial charge in [0.15, 0.2) is 0 Å². The Hall–Kier alpha value is -1.88. The van der Waals surface area contributed by atoms with Crippen molar-refractivity contribution in [2.45, 2.75) is 31.4 Å². The zero-order valence-corrected chi connectivity index (χ0v) is 13.8. The summed E-state index contributed by atoms with van der Waals surface area (Å²) in [6.07, 6.45) is 7.26. The fourth-order valence-electron chi connectivity index (χ4n) is 2.65. The highest BCUT2D eigenvalue weighted by atomic mass is 32.2. The summed E-state index contributed by atoms with van der Waals surface area (Å²) in [5, 5.41) is -0.624. The molecule has 0 amide bonds. The van der Waals surface area contributed by atoms with Crippen molar-refractivity contribution in [3.63, 3.8) is 0 Å². The fourth-order valence-corrected chi connectivity index (χ4v) is 4.05. The topological polar surface area (TPSA) is 49.7 Å². The molecule has 0 aliphatic carbocycles. The van der Waals surface area contributed by atoms with Gasteiger partial charge < -0.3 is 4.90 Å². The van der Waals surface area contributed by atoms with Crippen molar-refractivity contribution in [2.24, 2.45) is 4.40 Å². The third kappa shape index (κ3) is 2.73. The van der Waals surface area contributed by atoms with E-state index in [1.54, 1.807) is 12.2 Å². The maximum absolute atomic E-state index is 12.4. The standard InChI is InChI=1S/C17H20N2O2S/c1-17(2,3)14-9-7-13(8-10-14)15-12-19-11-5-4-6-16(19)18-22(15,20)21/h4-11,15H,12H2,1-3H3. The van der Waals surface area contributed by atoms with Gasteiger partial charge in [-0.15, -0.1) is 4.40 Å². The number of hydrogen-bond acceptors (Lipinski definition) is 3. The molecule has 2 aliphatic heterocycles. The Balaban J connectivity index is 1.97. The molecule has 4 nitrogen and oxygen atoms in total. The third-order valence-corrected chi connectivity index (χ3v) is 5.59. The highest BCUT2D eigenvalue weighted by molar-refractivity contribution is 7.90. The molecule has 0 saturated heterocycles. The van der Waals surface area contributed by atoms with Crippen LogP contribution in [0.4, 0.5) is 0 Å². The lowest BCUT2D eigenvalue weighted by Gasteiger charge is -2.31. The molecule has 1 atom stereocenters. The van der Waals surface area contributed by atoms with Gasteiger partial charge in [-0.25, -0.2) is 8.42 Å². The van der Waals surface area contributed by atoms with Crippen LogP contribution in [-0.2, 0) is 15.4 Å². The summed E-state index contributed by atoms with van der Waals surface area (Å²) in [4.78, 5) is 1.88. The summed E-state index contributed by atoms with van der Waals surface area (Å²) in [6.45, 7) is 6.82. The first-order chi connectivity index (χ1) is 10.3. The maximum Gasteiger partial charge on any atom is 0.263 e. The van der Waals surface area contributed by atoms with Crippen LogP contribution < -0.4 is 0 Å². The smallest absolute Gasteiger partial charge is 0.263 e.